The van der Waals surface area contributed by atoms with Crippen LogP contribution >= 0.6 is 0 Å². The molecule has 0 radical (unpaired) electrons. The Kier molecular flexibility index (Phi) is 5.73. The Morgan fingerprint density at radius 2 is 1.79 bits per heavy atom. The normalized spacial score (nSPS) is 18.3. The van der Waals surface area contributed by atoms with Gasteiger partial charge in [0.1, 0.15) is 0 Å². The van der Waals surface area contributed by atoms with E-state index in [1.165, 1.54) is 12.1 Å². The zero-order valence-corrected chi connectivity index (χ0v) is 16.6. The molecule has 3 rings (SSSR count). The number of azo groups is 1. The Bertz CT molecular complexity index is 1130. The molecule has 0 fully saturated rings. The standard InChI is InChI=1S/C21H19N3O4S/c1-29(27,28)18-10-6-16(7-11-18)19-13-21(24-23-19,20(26)3-2-12-25)17-8-4-15(14-22)5-9-17/h4-11,13,25H,2-3,12H2,1H3. The quantitative estimate of drug-likeness (QED) is 0.754. The topological polar surface area (TPSA) is 120 Å². The molecular formula is C21H19N3O4S. The first-order chi connectivity index (χ1) is 13.8. The number of hydrogen-bond donors (Lipinski definition) is 1. The van der Waals surface area contributed by atoms with E-state index in [9.17, 15) is 13.2 Å². The van der Waals surface area contributed by atoms with Gasteiger partial charge in [0.15, 0.2) is 21.2 Å². The number of Topliss-reactive ketones (excluding diaryl/α,β-unsaturated/α-hetero) is 1. The molecule has 0 spiro atoms. The first kappa shape index (κ1) is 20.6. The molecule has 0 bridgehead atoms. The maximum atomic E-state index is 13.0. The molecule has 1 N–H and O–H groups in total. The minimum atomic E-state index is -3.32. The molecule has 7 nitrogen and oxygen atoms in total. The van der Waals surface area contributed by atoms with Gasteiger partial charge in [0.25, 0.3) is 0 Å². The van der Waals surface area contributed by atoms with Crippen LogP contribution in [0.25, 0.3) is 5.70 Å². The number of nitriles is 1. The lowest BCUT2D eigenvalue weighted by Crippen LogP contribution is -2.30. The Morgan fingerprint density at radius 3 is 2.34 bits per heavy atom. The zero-order chi connectivity index (χ0) is 21.1. The maximum Gasteiger partial charge on any atom is 0.185 e. The summed E-state index contributed by atoms with van der Waals surface area (Å²) >= 11 is 0. The van der Waals surface area contributed by atoms with Crippen molar-refractivity contribution < 1.29 is 18.3 Å². The highest BCUT2D eigenvalue weighted by Crippen LogP contribution is 2.40. The predicted octanol–water partition coefficient (Wildman–Crippen LogP) is 3.01. The average molecular weight is 409 g/mol. The van der Waals surface area contributed by atoms with Crippen LogP contribution in [0.3, 0.4) is 0 Å². The van der Waals surface area contributed by atoms with Crippen molar-refractivity contribution in [2.75, 3.05) is 12.9 Å². The summed E-state index contributed by atoms with van der Waals surface area (Å²) in [5.41, 5.74) is 0.778. The van der Waals surface area contributed by atoms with Crippen molar-refractivity contribution in [2.24, 2.45) is 10.2 Å². The number of aliphatic hydroxyl groups excluding tert-OH is 1. The summed E-state index contributed by atoms with van der Waals surface area (Å²) in [6.45, 7) is -0.115. The fraction of sp³-hybridized carbons (Fsp3) is 0.238. The van der Waals surface area contributed by atoms with E-state index in [0.29, 0.717) is 28.8 Å². The third-order valence-corrected chi connectivity index (χ3v) is 5.81. The lowest BCUT2D eigenvalue weighted by Gasteiger charge is -2.21. The van der Waals surface area contributed by atoms with Crippen LogP contribution in [0.15, 0.2) is 69.7 Å². The van der Waals surface area contributed by atoms with Crippen molar-refractivity contribution in [3.05, 3.63) is 71.3 Å². The van der Waals surface area contributed by atoms with Crippen LogP contribution in [0.2, 0.25) is 0 Å². The Hall–Kier alpha value is -3.15. The van der Waals surface area contributed by atoms with Gasteiger partial charge in [0.2, 0.25) is 0 Å². The van der Waals surface area contributed by atoms with Crippen molar-refractivity contribution in [1.29, 1.82) is 5.26 Å². The fourth-order valence-electron chi connectivity index (χ4n) is 3.07. The number of aliphatic hydroxyl groups is 1. The molecule has 1 aliphatic heterocycles. The maximum absolute atomic E-state index is 13.0. The molecule has 0 aliphatic carbocycles. The zero-order valence-electron chi connectivity index (χ0n) is 15.7. The largest absolute Gasteiger partial charge is 0.396 e. The number of hydrogen-bond acceptors (Lipinski definition) is 7. The molecule has 148 valence electrons. The lowest BCUT2D eigenvalue weighted by atomic mass is 9.83. The van der Waals surface area contributed by atoms with E-state index in [0.717, 1.165) is 6.26 Å². The Balaban J connectivity index is 2.04. The third kappa shape index (κ3) is 4.16. The molecule has 0 amide bonds. The van der Waals surface area contributed by atoms with Crippen LogP contribution in [0.4, 0.5) is 0 Å². The summed E-state index contributed by atoms with van der Waals surface area (Å²) < 4.78 is 23.3. The van der Waals surface area contributed by atoms with Gasteiger partial charge < -0.3 is 5.11 Å². The number of carbonyl (C=O) groups is 1. The minimum Gasteiger partial charge on any atom is -0.396 e. The summed E-state index contributed by atoms with van der Waals surface area (Å²) in [5, 5.41) is 26.6. The molecule has 1 aliphatic rings. The van der Waals surface area contributed by atoms with Crippen LogP contribution in [-0.2, 0) is 20.2 Å². The predicted molar refractivity (Wildman–Crippen MR) is 107 cm³/mol. The summed E-state index contributed by atoms with van der Waals surface area (Å²) in [6.07, 6.45) is 3.20. The van der Waals surface area contributed by atoms with Gasteiger partial charge in [0, 0.05) is 24.8 Å². The smallest absolute Gasteiger partial charge is 0.185 e. The highest BCUT2D eigenvalue weighted by atomic mass is 32.2. The van der Waals surface area contributed by atoms with Gasteiger partial charge in [-0.25, -0.2) is 8.42 Å². The van der Waals surface area contributed by atoms with Gasteiger partial charge in [0.05, 0.1) is 22.2 Å². The number of nitrogens with zero attached hydrogens (tertiary/aromatic N) is 3. The van der Waals surface area contributed by atoms with E-state index < -0.39 is 15.4 Å². The third-order valence-electron chi connectivity index (χ3n) is 4.68. The van der Waals surface area contributed by atoms with Crippen LogP contribution in [0.5, 0.6) is 0 Å². The Labute approximate surface area is 168 Å². The number of sulfone groups is 1. The van der Waals surface area contributed by atoms with E-state index >= 15 is 0 Å². The highest BCUT2D eigenvalue weighted by Gasteiger charge is 2.41. The summed E-state index contributed by atoms with van der Waals surface area (Å²) in [4.78, 5) is 13.2. The SMILES string of the molecule is CS(=O)(=O)c1ccc(C2=CC(C(=O)CCCO)(c3ccc(C#N)cc3)N=N2)cc1. The lowest BCUT2D eigenvalue weighted by molar-refractivity contribution is -0.123. The number of carbonyl (C=O) groups excluding carboxylic acids is 1. The number of ketones is 1. The molecule has 29 heavy (non-hydrogen) atoms. The van der Waals surface area contributed by atoms with Gasteiger partial charge in [-0.15, -0.1) is 0 Å². The molecule has 1 unspecified atom stereocenters. The Morgan fingerprint density at radius 1 is 1.14 bits per heavy atom. The van der Waals surface area contributed by atoms with Gasteiger partial charge >= 0.3 is 0 Å². The van der Waals surface area contributed by atoms with E-state index in [2.05, 4.69) is 10.2 Å². The second-order valence-electron chi connectivity index (χ2n) is 6.73. The van der Waals surface area contributed by atoms with Gasteiger partial charge in [-0.05, 0) is 42.3 Å². The van der Waals surface area contributed by atoms with Crippen LogP contribution in [0.1, 0.15) is 29.5 Å². The first-order valence-electron chi connectivity index (χ1n) is 8.91. The molecule has 8 heteroatoms. The van der Waals surface area contributed by atoms with Crippen LogP contribution in [0, 0.1) is 11.3 Å². The van der Waals surface area contributed by atoms with Crippen molar-refractivity contribution in [1.82, 2.24) is 0 Å². The average Bonchev–Trinajstić information content (AvgIpc) is 3.18. The second kappa shape index (κ2) is 8.07. The van der Waals surface area contributed by atoms with E-state index in [1.807, 2.05) is 6.07 Å². The van der Waals surface area contributed by atoms with Gasteiger partial charge in [-0.2, -0.15) is 15.5 Å². The van der Waals surface area contributed by atoms with Crippen LogP contribution < -0.4 is 0 Å². The van der Waals surface area contributed by atoms with Crippen molar-refractivity contribution >= 4 is 21.3 Å². The molecular weight excluding hydrogens is 390 g/mol. The highest BCUT2D eigenvalue weighted by molar-refractivity contribution is 7.90. The molecule has 0 saturated carbocycles. The van der Waals surface area contributed by atoms with E-state index in [4.69, 9.17) is 10.4 Å². The van der Waals surface area contributed by atoms with Crippen LogP contribution in [-0.4, -0.2) is 32.2 Å². The fourth-order valence-corrected chi connectivity index (χ4v) is 3.70. The van der Waals surface area contributed by atoms with E-state index in [1.54, 1.807) is 42.5 Å². The summed E-state index contributed by atoms with van der Waals surface area (Å²) in [7, 11) is -3.32. The molecule has 0 saturated heterocycles. The second-order valence-corrected chi connectivity index (χ2v) is 8.75. The number of rotatable bonds is 7. The number of benzene rings is 2. The summed E-state index contributed by atoms with van der Waals surface area (Å²) in [5.74, 6) is -0.220. The molecule has 1 atom stereocenters. The van der Waals surface area contributed by atoms with Crippen molar-refractivity contribution in [3.8, 4) is 6.07 Å². The molecule has 2 aromatic carbocycles. The molecule has 1 heterocycles. The summed E-state index contributed by atoms with van der Waals surface area (Å²) in [6, 6.07) is 14.8. The monoisotopic (exact) mass is 409 g/mol. The van der Waals surface area contributed by atoms with E-state index in [-0.39, 0.29) is 23.7 Å². The van der Waals surface area contributed by atoms with Gasteiger partial charge in [-0.1, -0.05) is 24.3 Å². The van der Waals surface area contributed by atoms with Gasteiger partial charge in [-0.3, -0.25) is 4.79 Å². The first-order valence-corrected chi connectivity index (χ1v) is 10.8. The molecule has 0 aromatic heterocycles. The van der Waals surface area contributed by atoms with Crippen molar-refractivity contribution in [2.45, 2.75) is 23.3 Å². The molecule has 2 aromatic rings. The van der Waals surface area contributed by atoms with Crippen molar-refractivity contribution in [3.63, 3.8) is 0 Å². The minimum absolute atomic E-state index is 0.115.